The number of aromatic amines is 1. The second-order valence-corrected chi connectivity index (χ2v) is 8.89. The Labute approximate surface area is 190 Å². The first-order chi connectivity index (χ1) is 15.2. The van der Waals surface area contributed by atoms with E-state index in [4.69, 9.17) is 28.3 Å². The molecule has 8 heteroatoms. The summed E-state index contributed by atoms with van der Waals surface area (Å²) in [6, 6.07) is 23.6. The number of benzene rings is 3. The van der Waals surface area contributed by atoms with Gasteiger partial charge in [-0.15, -0.1) is 10.2 Å². The zero-order chi connectivity index (χ0) is 20.9. The van der Waals surface area contributed by atoms with Gasteiger partial charge in [-0.3, -0.25) is 0 Å². The summed E-state index contributed by atoms with van der Waals surface area (Å²) in [6.07, 6.45) is 0. The molecule has 6 aromatic rings. The van der Waals surface area contributed by atoms with E-state index in [9.17, 15) is 0 Å². The van der Waals surface area contributed by atoms with Gasteiger partial charge < -0.3 is 4.98 Å². The van der Waals surface area contributed by atoms with Crippen LogP contribution in [0, 0.1) is 0 Å². The van der Waals surface area contributed by atoms with Crippen molar-refractivity contribution in [2.75, 3.05) is 0 Å². The minimum absolute atomic E-state index is 0.651. The molecule has 3 aromatic carbocycles. The number of halogens is 2. The van der Waals surface area contributed by atoms with Crippen molar-refractivity contribution in [2.24, 2.45) is 0 Å². The lowest BCUT2D eigenvalue weighted by molar-refractivity contribution is 0.965. The van der Waals surface area contributed by atoms with Gasteiger partial charge in [0.05, 0.1) is 5.69 Å². The number of aromatic nitrogens is 5. The van der Waals surface area contributed by atoms with E-state index in [1.54, 1.807) is 4.52 Å². The fourth-order valence-corrected chi connectivity index (χ4v) is 4.86. The first-order valence-electron chi connectivity index (χ1n) is 9.52. The average molecular weight is 462 g/mol. The van der Waals surface area contributed by atoms with E-state index < -0.39 is 0 Å². The molecule has 0 spiro atoms. The van der Waals surface area contributed by atoms with Crippen LogP contribution >= 0.6 is 34.5 Å². The van der Waals surface area contributed by atoms with Crippen molar-refractivity contribution >= 4 is 50.4 Å². The van der Waals surface area contributed by atoms with Crippen LogP contribution in [0.4, 0.5) is 0 Å². The van der Waals surface area contributed by atoms with Crippen LogP contribution in [0.5, 0.6) is 0 Å². The Bertz CT molecular complexity index is 1550. The molecule has 150 valence electrons. The van der Waals surface area contributed by atoms with Crippen LogP contribution in [0.3, 0.4) is 0 Å². The molecule has 0 radical (unpaired) electrons. The predicted octanol–water partition coefficient (Wildman–Crippen LogP) is 6.97. The molecular formula is C23H13Cl2N5S. The van der Waals surface area contributed by atoms with Gasteiger partial charge in [0.2, 0.25) is 10.8 Å². The van der Waals surface area contributed by atoms with E-state index in [1.807, 2.05) is 60.7 Å². The average Bonchev–Trinajstić information content (AvgIpc) is 3.47. The summed E-state index contributed by atoms with van der Waals surface area (Å²) in [5, 5.41) is 16.9. The maximum Gasteiger partial charge on any atom is 0.235 e. The highest BCUT2D eigenvalue weighted by molar-refractivity contribution is 7.19. The summed E-state index contributed by atoms with van der Waals surface area (Å²) in [5.74, 6) is 0.651. The second-order valence-electron chi connectivity index (χ2n) is 7.06. The SMILES string of the molecule is Clc1ccc(-c2nn3c(-c4[nH]c5ccc(Cl)cc5c4-c4ccccc4)nnc3s2)cc1. The molecule has 0 aliphatic carbocycles. The van der Waals surface area contributed by atoms with Crippen molar-refractivity contribution in [2.45, 2.75) is 0 Å². The molecule has 31 heavy (non-hydrogen) atoms. The second kappa shape index (κ2) is 7.20. The molecule has 0 bridgehead atoms. The fraction of sp³-hybridized carbons (Fsp3) is 0. The summed E-state index contributed by atoms with van der Waals surface area (Å²) < 4.78 is 1.79. The molecule has 0 aliphatic heterocycles. The third-order valence-electron chi connectivity index (χ3n) is 5.13. The van der Waals surface area contributed by atoms with Gasteiger partial charge in [0.25, 0.3) is 0 Å². The minimum Gasteiger partial charge on any atom is -0.351 e. The smallest absolute Gasteiger partial charge is 0.235 e. The van der Waals surface area contributed by atoms with Crippen molar-refractivity contribution in [3.63, 3.8) is 0 Å². The molecule has 0 unspecified atom stereocenters. The van der Waals surface area contributed by atoms with Crippen molar-refractivity contribution < 1.29 is 0 Å². The Morgan fingerprint density at radius 2 is 1.58 bits per heavy atom. The number of fused-ring (bicyclic) bond motifs is 2. The normalized spacial score (nSPS) is 11.5. The lowest BCUT2D eigenvalue weighted by Crippen LogP contribution is -1.93. The summed E-state index contributed by atoms with van der Waals surface area (Å²) in [4.78, 5) is 4.22. The Morgan fingerprint density at radius 1 is 0.806 bits per heavy atom. The quantitative estimate of drug-likeness (QED) is 0.309. The number of nitrogens with zero attached hydrogens (tertiary/aromatic N) is 4. The molecule has 5 nitrogen and oxygen atoms in total. The van der Waals surface area contributed by atoms with Crippen molar-refractivity contribution in [1.82, 2.24) is 24.8 Å². The number of hydrogen-bond acceptors (Lipinski definition) is 4. The molecule has 0 aliphatic rings. The molecule has 3 aromatic heterocycles. The van der Waals surface area contributed by atoms with Gasteiger partial charge in [0, 0.05) is 32.1 Å². The van der Waals surface area contributed by atoms with E-state index >= 15 is 0 Å². The van der Waals surface area contributed by atoms with E-state index in [2.05, 4.69) is 27.3 Å². The van der Waals surface area contributed by atoms with Crippen LogP contribution in [0.2, 0.25) is 10.0 Å². The topological polar surface area (TPSA) is 58.9 Å². The van der Waals surface area contributed by atoms with Gasteiger partial charge in [-0.05, 0) is 35.9 Å². The number of nitrogens with one attached hydrogen (secondary N) is 1. The molecule has 1 N–H and O–H groups in total. The lowest BCUT2D eigenvalue weighted by Gasteiger charge is -2.03. The zero-order valence-electron chi connectivity index (χ0n) is 15.9. The van der Waals surface area contributed by atoms with Gasteiger partial charge in [-0.25, -0.2) is 0 Å². The summed E-state index contributed by atoms with van der Waals surface area (Å²) >= 11 is 13.8. The van der Waals surface area contributed by atoms with Crippen molar-refractivity contribution in [3.8, 4) is 33.2 Å². The number of rotatable bonds is 3. The maximum atomic E-state index is 6.32. The van der Waals surface area contributed by atoms with E-state index in [0.717, 1.165) is 43.3 Å². The van der Waals surface area contributed by atoms with Crippen LogP contribution in [0.1, 0.15) is 0 Å². The predicted molar refractivity (Wildman–Crippen MR) is 127 cm³/mol. The molecular weight excluding hydrogens is 449 g/mol. The molecule has 0 atom stereocenters. The monoisotopic (exact) mass is 461 g/mol. The van der Waals surface area contributed by atoms with Crippen LogP contribution in [0.25, 0.3) is 49.1 Å². The molecule has 0 saturated carbocycles. The Morgan fingerprint density at radius 3 is 2.39 bits per heavy atom. The minimum atomic E-state index is 0.651. The van der Waals surface area contributed by atoms with Gasteiger partial charge in [0.1, 0.15) is 5.01 Å². The molecule has 0 fully saturated rings. The van der Waals surface area contributed by atoms with E-state index in [1.165, 1.54) is 11.3 Å². The molecule has 0 amide bonds. The summed E-state index contributed by atoms with van der Waals surface area (Å²) in [6.45, 7) is 0. The van der Waals surface area contributed by atoms with Crippen LogP contribution in [-0.4, -0.2) is 24.8 Å². The van der Waals surface area contributed by atoms with Crippen molar-refractivity contribution in [1.29, 1.82) is 0 Å². The molecule has 6 rings (SSSR count). The van der Waals surface area contributed by atoms with E-state index in [-0.39, 0.29) is 0 Å². The largest absolute Gasteiger partial charge is 0.351 e. The van der Waals surface area contributed by atoms with E-state index in [0.29, 0.717) is 15.9 Å². The van der Waals surface area contributed by atoms with Gasteiger partial charge in [0.15, 0.2) is 0 Å². The van der Waals surface area contributed by atoms with Crippen LogP contribution in [-0.2, 0) is 0 Å². The van der Waals surface area contributed by atoms with Gasteiger partial charge >= 0.3 is 0 Å². The molecule has 3 heterocycles. The molecule has 0 saturated heterocycles. The zero-order valence-corrected chi connectivity index (χ0v) is 18.2. The fourth-order valence-electron chi connectivity index (χ4n) is 3.72. The highest BCUT2D eigenvalue weighted by Crippen LogP contribution is 2.39. The van der Waals surface area contributed by atoms with Crippen LogP contribution < -0.4 is 0 Å². The Balaban J connectivity index is 1.59. The highest BCUT2D eigenvalue weighted by atomic mass is 35.5. The number of H-pyrrole nitrogens is 1. The standard InChI is InChI=1S/C23H13Cl2N5S/c24-15-8-6-14(7-9-15)22-29-30-21(27-28-23(30)31-22)20-19(13-4-2-1-3-5-13)17-12-16(25)10-11-18(17)26-20/h1-12,26H. The van der Waals surface area contributed by atoms with Gasteiger partial charge in [-0.2, -0.15) is 9.61 Å². The third-order valence-corrected chi connectivity index (χ3v) is 6.56. The summed E-state index contributed by atoms with van der Waals surface area (Å²) in [5.41, 5.74) is 4.90. The Hall–Kier alpha value is -3.19. The van der Waals surface area contributed by atoms with Crippen LogP contribution in [0.15, 0.2) is 72.8 Å². The third kappa shape index (κ3) is 3.11. The summed E-state index contributed by atoms with van der Waals surface area (Å²) in [7, 11) is 0. The Kier molecular flexibility index (Phi) is 4.31. The number of hydrogen-bond donors (Lipinski definition) is 1. The highest BCUT2D eigenvalue weighted by Gasteiger charge is 2.22. The van der Waals surface area contributed by atoms with Gasteiger partial charge in [-0.1, -0.05) is 77.0 Å². The lowest BCUT2D eigenvalue weighted by atomic mass is 10.0. The first kappa shape index (κ1) is 18.6. The maximum absolute atomic E-state index is 6.32. The first-order valence-corrected chi connectivity index (χ1v) is 11.1. The van der Waals surface area contributed by atoms with Crippen molar-refractivity contribution in [3.05, 3.63) is 82.8 Å².